The number of aliphatic carboxylic acids is 1. The molecule has 0 saturated carbocycles. The number of hydrogen-bond donors (Lipinski definition) is 3. The number of H-pyrrole nitrogens is 1. The van der Waals surface area contributed by atoms with Gasteiger partial charge < -0.3 is 15.3 Å². The minimum absolute atomic E-state index is 0.224. The lowest BCUT2D eigenvalue weighted by Gasteiger charge is -2.46. The van der Waals surface area contributed by atoms with Crippen LogP contribution in [0, 0.1) is 0 Å². The Kier molecular flexibility index (Phi) is 4.30. The molecule has 22 heavy (non-hydrogen) atoms. The second-order valence-corrected chi connectivity index (χ2v) is 7.46. The fraction of sp³-hybridized carbons (Fsp3) is 0.500. The van der Waals surface area contributed by atoms with Crippen LogP contribution in [0.25, 0.3) is 0 Å². The van der Waals surface area contributed by atoms with Crippen molar-refractivity contribution in [3.05, 3.63) is 17.6 Å². The average molecular weight is 341 g/mol. The summed E-state index contributed by atoms with van der Waals surface area (Å²) in [7, 11) is 0. The van der Waals surface area contributed by atoms with Gasteiger partial charge in [0.2, 0.25) is 5.91 Å². The molecular formula is C12H15N5O3S2. The largest absolute Gasteiger partial charge is 0.477 e. The van der Waals surface area contributed by atoms with Crippen LogP contribution in [-0.4, -0.2) is 60.2 Å². The lowest BCUT2D eigenvalue weighted by molar-refractivity contribution is -0.135. The molecule has 118 valence electrons. The van der Waals surface area contributed by atoms with Gasteiger partial charge in [-0.1, -0.05) is 11.8 Å². The zero-order valence-corrected chi connectivity index (χ0v) is 13.4. The molecule has 2 atom stereocenters. The number of carbonyl (C=O) groups is 2. The number of hydrogen-bond acceptors (Lipinski definition) is 7. The summed E-state index contributed by atoms with van der Waals surface area (Å²) in [6.45, 7) is 2.47. The Morgan fingerprint density at radius 2 is 2.45 bits per heavy atom. The first-order valence-corrected chi connectivity index (χ1v) is 8.67. The number of aromatic nitrogens is 3. The van der Waals surface area contributed by atoms with Crippen molar-refractivity contribution in [3.63, 3.8) is 0 Å². The van der Waals surface area contributed by atoms with Crippen LogP contribution in [0.4, 0.5) is 0 Å². The molecule has 2 aliphatic rings. The Bertz CT molecular complexity index is 618. The highest BCUT2D eigenvalue weighted by Gasteiger charge is 2.39. The Hall–Kier alpha value is -1.68. The van der Waals surface area contributed by atoms with Crippen molar-refractivity contribution in [1.82, 2.24) is 25.6 Å². The third-order valence-corrected chi connectivity index (χ3v) is 5.83. The quantitative estimate of drug-likeness (QED) is 0.663. The van der Waals surface area contributed by atoms with Gasteiger partial charge in [-0.15, -0.1) is 16.9 Å². The highest BCUT2D eigenvalue weighted by Crippen LogP contribution is 2.38. The molecule has 1 unspecified atom stereocenters. The molecule has 0 aliphatic carbocycles. The minimum Gasteiger partial charge on any atom is -0.477 e. The number of nitrogens with one attached hydrogen (secondary N) is 2. The van der Waals surface area contributed by atoms with E-state index in [9.17, 15) is 14.7 Å². The summed E-state index contributed by atoms with van der Waals surface area (Å²) in [4.78, 5) is 25.6. The summed E-state index contributed by atoms with van der Waals surface area (Å²) in [6.07, 6.45) is 2.53. The summed E-state index contributed by atoms with van der Waals surface area (Å²) >= 11 is 2.92. The van der Waals surface area contributed by atoms with E-state index in [2.05, 4.69) is 20.7 Å². The van der Waals surface area contributed by atoms with Crippen molar-refractivity contribution in [1.29, 1.82) is 0 Å². The second kappa shape index (κ2) is 6.21. The van der Waals surface area contributed by atoms with Crippen LogP contribution in [0.1, 0.15) is 13.3 Å². The van der Waals surface area contributed by atoms with Crippen LogP contribution < -0.4 is 5.32 Å². The number of amides is 1. The van der Waals surface area contributed by atoms with E-state index in [0.717, 1.165) is 13.0 Å². The highest BCUT2D eigenvalue weighted by molar-refractivity contribution is 8.00. The molecule has 0 bridgehead atoms. The first-order valence-electron chi connectivity index (χ1n) is 6.74. The molecule has 2 aliphatic heterocycles. The first-order chi connectivity index (χ1) is 10.6. The van der Waals surface area contributed by atoms with Gasteiger partial charge in [0.15, 0.2) is 0 Å². The molecule has 1 saturated heterocycles. The van der Waals surface area contributed by atoms with E-state index in [-0.39, 0.29) is 17.0 Å². The van der Waals surface area contributed by atoms with Crippen LogP contribution >= 0.6 is 23.5 Å². The Morgan fingerprint density at radius 1 is 1.64 bits per heavy atom. The van der Waals surface area contributed by atoms with E-state index in [1.807, 2.05) is 4.90 Å². The maximum atomic E-state index is 12.3. The molecule has 3 rings (SSSR count). The fourth-order valence-corrected chi connectivity index (χ4v) is 4.26. The van der Waals surface area contributed by atoms with Crippen LogP contribution in [-0.2, 0) is 9.59 Å². The molecule has 0 radical (unpaired) electrons. The smallest absolute Gasteiger partial charge is 0.354 e. The predicted molar refractivity (Wildman–Crippen MR) is 82.1 cm³/mol. The Balaban J connectivity index is 1.70. The summed E-state index contributed by atoms with van der Waals surface area (Å²) in [5, 5.41) is 22.7. The number of fused-ring (bicyclic) bond motifs is 1. The van der Waals surface area contributed by atoms with E-state index in [0.29, 0.717) is 16.5 Å². The van der Waals surface area contributed by atoms with Crippen LogP contribution in [0.15, 0.2) is 22.6 Å². The summed E-state index contributed by atoms with van der Waals surface area (Å²) in [5.41, 5.74) is 0.702. The zero-order chi connectivity index (χ0) is 15.7. The van der Waals surface area contributed by atoms with E-state index in [1.165, 1.54) is 18.0 Å². The van der Waals surface area contributed by atoms with Crippen molar-refractivity contribution < 1.29 is 14.7 Å². The van der Waals surface area contributed by atoms with Gasteiger partial charge >= 0.3 is 5.97 Å². The molecule has 10 heteroatoms. The van der Waals surface area contributed by atoms with E-state index in [1.54, 1.807) is 18.7 Å². The lowest BCUT2D eigenvalue weighted by Crippen LogP contribution is -2.51. The van der Waals surface area contributed by atoms with E-state index in [4.69, 9.17) is 0 Å². The van der Waals surface area contributed by atoms with Gasteiger partial charge in [-0.3, -0.25) is 4.79 Å². The van der Waals surface area contributed by atoms with Crippen molar-refractivity contribution >= 4 is 35.4 Å². The molecular weight excluding hydrogens is 326 g/mol. The monoisotopic (exact) mass is 341 g/mol. The van der Waals surface area contributed by atoms with Crippen molar-refractivity contribution in [3.8, 4) is 0 Å². The SMILES string of the molecule is C[C@H](Sc1cn[nH]n1)C(=O)NC1=C(C(=O)O)N2CCC2SC1. The van der Waals surface area contributed by atoms with Gasteiger partial charge in [0.1, 0.15) is 10.7 Å². The first kappa shape index (κ1) is 15.2. The summed E-state index contributed by atoms with van der Waals surface area (Å²) < 4.78 is 0. The van der Waals surface area contributed by atoms with Crippen molar-refractivity contribution in [2.24, 2.45) is 0 Å². The molecule has 1 aromatic rings. The summed E-state index contributed by atoms with van der Waals surface area (Å²) in [5.74, 6) is -0.714. The molecule has 1 amide bonds. The Morgan fingerprint density at radius 3 is 3.05 bits per heavy atom. The lowest BCUT2D eigenvalue weighted by atomic mass is 10.1. The summed E-state index contributed by atoms with van der Waals surface area (Å²) in [6, 6.07) is 0. The standard InChI is InChI=1S/C12H15N5O3S2/c1-6(22-8-4-13-16-15-8)11(18)14-7-5-21-9-2-3-17(9)10(7)12(19)20/h4,6,9H,2-3,5H2,1H3,(H,14,18)(H,19,20)(H,13,15,16)/t6-,9?/m0/s1. The normalized spacial score (nSPS) is 21.9. The Labute approximate surface area is 135 Å². The molecule has 3 heterocycles. The van der Waals surface area contributed by atoms with Crippen molar-refractivity contribution in [2.45, 2.75) is 29.0 Å². The third kappa shape index (κ3) is 2.93. The van der Waals surface area contributed by atoms with Gasteiger partial charge in [0.25, 0.3) is 0 Å². The second-order valence-electron chi connectivity index (χ2n) is 4.94. The van der Waals surface area contributed by atoms with Crippen molar-refractivity contribution in [2.75, 3.05) is 12.3 Å². The molecule has 1 aromatic heterocycles. The average Bonchev–Trinajstić information content (AvgIpc) is 2.93. The minimum atomic E-state index is -0.989. The van der Waals surface area contributed by atoms with Gasteiger partial charge in [-0.2, -0.15) is 10.3 Å². The number of rotatable bonds is 5. The van der Waals surface area contributed by atoms with Gasteiger partial charge in [-0.05, 0) is 13.3 Å². The maximum absolute atomic E-state index is 12.3. The number of carboxylic acids is 1. The van der Waals surface area contributed by atoms with E-state index >= 15 is 0 Å². The fourth-order valence-electron chi connectivity index (χ4n) is 2.29. The number of thioether (sulfide) groups is 2. The van der Waals surface area contributed by atoms with Crippen LogP contribution in [0.3, 0.4) is 0 Å². The van der Waals surface area contributed by atoms with Gasteiger partial charge in [0, 0.05) is 12.3 Å². The topological polar surface area (TPSA) is 111 Å². The molecule has 3 N–H and O–H groups in total. The van der Waals surface area contributed by atoms with E-state index < -0.39 is 11.2 Å². The molecule has 1 fully saturated rings. The highest BCUT2D eigenvalue weighted by atomic mass is 32.2. The number of aromatic amines is 1. The molecule has 0 aromatic carbocycles. The molecule has 0 spiro atoms. The van der Waals surface area contributed by atoms with Gasteiger partial charge in [-0.25, -0.2) is 4.79 Å². The zero-order valence-electron chi connectivity index (χ0n) is 11.8. The number of nitrogens with zero attached hydrogens (tertiary/aromatic N) is 3. The number of carboxylic acid groups (broad SMARTS) is 1. The van der Waals surface area contributed by atoms with Crippen LogP contribution in [0.5, 0.6) is 0 Å². The maximum Gasteiger partial charge on any atom is 0.354 e. The number of carbonyl (C=O) groups excluding carboxylic acids is 1. The third-order valence-electron chi connectivity index (χ3n) is 3.49. The molecule has 8 nitrogen and oxygen atoms in total. The van der Waals surface area contributed by atoms with Crippen LogP contribution in [0.2, 0.25) is 0 Å². The van der Waals surface area contributed by atoms with Gasteiger partial charge in [0.05, 0.1) is 22.5 Å². The predicted octanol–water partition coefficient (Wildman–Crippen LogP) is 0.476.